The van der Waals surface area contributed by atoms with Crippen LogP contribution >= 0.6 is 11.3 Å². The summed E-state index contributed by atoms with van der Waals surface area (Å²) >= 11 is 1.53. The zero-order valence-electron chi connectivity index (χ0n) is 17.8. The van der Waals surface area contributed by atoms with Crippen LogP contribution in [0.4, 0.5) is 4.79 Å². The maximum absolute atomic E-state index is 12.6. The number of thiophene rings is 1. The first kappa shape index (κ1) is 21.4. The van der Waals surface area contributed by atoms with E-state index in [1.165, 1.54) is 11.3 Å². The zero-order chi connectivity index (χ0) is 21.2. The van der Waals surface area contributed by atoms with Gasteiger partial charge in [0.15, 0.2) is 0 Å². The Hall–Kier alpha value is -2.35. The van der Waals surface area contributed by atoms with Gasteiger partial charge in [-0.3, -0.25) is 9.48 Å². The second kappa shape index (κ2) is 8.57. The lowest BCUT2D eigenvalue weighted by Gasteiger charge is -2.24. The molecule has 2 amide bonds. The lowest BCUT2D eigenvalue weighted by molar-refractivity contribution is 0.0290. The number of nitrogens with zero attached hydrogens (tertiary/aromatic N) is 3. The first-order valence-electron chi connectivity index (χ1n) is 10.0. The van der Waals surface area contributed by atoms with Gasteiger partial charge in [-0.15, -0.1) is 11.3 Å². The molecule has 1 unspecified atom stereocenters. The fraction of sp³-hybridized carbons (Fsp3) is 0.571. The first-order valence-corrected chi connectivity index (χ1v) is 10.9. The summed E-state index contributed by atoms with van der Waals surface area (Å²) < 4.78 is 7.34. The molecule has 0 bridgehead atoms. The van der Waals surface area contributed by atoms with Gasteiger partial charge >= 0.3 is 6.09 Å². The Bertz CT molecular complexity index is 865. The average Bonchev–Trinajstić information content (AvgIpc) is 3.32. The van der Waals surface area contributed by atoms with Gasteiger partial charge in [0.05, 0.1) is 11.8 Å². The lowest BCUT2D eigenvalue weighted by atomic mass is 10.2. The summed E-state index contributed by atoms with van der Waals surface area (Å²) in [6, 6.07) is 1.84. The van der Waals surface area contributed by atoms with Crippen molar-refractivity contribution in [1.82, 2.24) is 20.0 Å². The summed E-state index contributed by atoms with van der Waals surface area (Å²) in [7, 11) is 0. The van der Waals surface area contributed by atoms with Crippen molar-refractivity contribution in [2.24, 2.45) is 5.92 Å². The molecule has 0 spiro atoms. The van der Waals surface area contributed by atoms with Crippen LogP contribution in [0, 0.1) is 5.92 Å². The molecule has 0 saturated carbocycles. The van der Waals surface area contributed by atoms with Crippen molar-refractivity contribution >= 4 is 23.3 Å². The quantitative estimate of drug-likeness (QED) is 0.796. The molecular formula is C21H30N4O3S. The van der Waals surface area contributed by atoms with Crippen LogP contribution in [0.15, 0.2) is 23.8 Å². The molecule has 1 atom stereocenters. The van der Waals surface area contributed by atoms with Crippen LogP contribution in [0.5, 0.6) is 0 Å². The van der Waals surface area contributed by atoms with E-state index in [1.54, 1.807) is 4.90 Å². The Morgan fingerprint density at radius 1 is 1.38 bits per heavy atom. The molecule has 1 N–H and O–H groups in total. The van der Waals surface area contributed by atoms with Crippen LogP contribution in [0.25, 0.3) is 10.4 Å². The third-order valence-corrected chi connectivity index (χ3v) is 5.49. The molecule has 0 radical (unpaired) electrons. The minimum absolute atomic E-state index is 0.0628. The Labute approximate surface area is 176 Å². The number of likely N-dealkylation sites (tertiary alicyclic amines) is 1. The molecule has 7 nitrogen and oxygen atoms in total. The fourth-order valence-electron chi connectivity index (χ4n) is 3.21. The summed E-state index contributed by atoms with van der Waals surface area (Å²) in [6.07, 6.45) is 4.25. The van der Waals surface area contributed by atoms with Crippen LogP contribution in [0.3, 0.4) is 0 Å². The van der Waals surface area contributed by atoms with Gasteiger partial charge in [0, 0.05) is 47.7 Å². The number of hydrogen-bond donors (Lipinski definition) is 1. The van der Waals surface area contributed by atoms with E-state index in [1.807, 2.05) is 49.3 Å². The Morgan fingerprint density at radius 3 is 2.83 bits per heavy atom. The molecule has 1 saturated heterocycles. The van der Waals surface area contributed by atoms with Crippen molar-refractivity contribution in [3.05, 3.63) is 29.4 Å². The monoisotopic (exact) mass is 418 g/mol. The smallest absolute Gasteiger partial charge is 0.410 e. The highest BCUT2D eigenvalue weighted by Gasteiger charge is 2.30. The molecule has 1 aliphatic heterocycles. The molecular weight excluding hydrogens is 388 g/mol. The van der Waals surface area contributed by atoms with E-state index in [0.29, 0.717) is 24.6 Å². The van der Waals surface area contributed by atoms with E-state index in [2.05, 4.69) is 24.3 Å². The number of nitrogens with one attached hydrogen (secondary N) is 1. The largest absolute Gasteiger partial charge is 0.444 e. The van der Waals surface area contributed by atoms with Gasteiger partial charge < -0.3 is 15.0 Å². The Kier molecular flexibility index (Phi) is 6.31. The number of rotatable bonds is 5. The van der Waals surface area contributed by atoms with Crippen LogP contribution < -0.4 is 5.32 Å². The van der Waals surface area contributed by atoms with Gasteiger partial charge in [0.2, 0.25) is 0 Å². The second-order valence-electron chi connectivity index (χ2n) is 8.93. The highest BCUT2D eigenvalue weighted by Crippen LogP contribution is 2.27. The lowest BCUT2D eigenvalue weighted by Crippen LogP contribution is -2.40. The maximum Gasteiger partial charge on any atom is 0.410 e. The predicted molar refractivity (Wildman–Crippen MR) is 114 cm³/mol. The fourth-order valence-corrected chi connectivity index (χ4v) is 4.08. The van der Waals surface area contributed by atoms with Gasteiger partial charge in [-0.05, 0) is 39.2 Å². The molecule has 2 aromatic heterocycles. The summed E-state index contributed by atoms with van der Waals surface area (Å²) in [5, 5.41) is 9.30. The highest BCUT2D eigenvalue weighted by atomic mass is 32.1. The van der Waals surface area contributed by atoms with Crippen LogP contribution in [-0.2, 0) is 11.3 Å². The van der Waals surface area contributed by atoms with Crippen molar-refractivity contribution < 1.29 is 14.3 Å². The van der Waals surface area contributed by atoms with Crippen molar-refractivity contribution in [2.45, 2.75) is 59.2 Å². The van der Waals surface area contributed by atoms with Gasteiger partial charge in [-0.1, -0.05) is 13.8 Å². The van der Waals surface area contributed by atoms with Crippen molar-refractivity contribution in [3.8, 4) is 10.4 Å². The van der Waals surface area contributed by atoms with Gasteiger partial charge in [0.25, 0.3) is 5.91 Å². The highest BCUT2D eigenvalue weighted by molar-refractivity contribution is 7.13. The molecule has 1 fully saturated rings. The normalized spacial score (nSPS) is 17.0. The van der Waals surface area contributed by atoms with Gasteiger partial charge in [0.1, 0.15) is 5.60 Å². The van der Waals surface area contributed by atoms with E-state index < -0.39 is 5.60 Å². The molecule has 0 aliphatic carbocycles. The second-order valence-corrected chi connectivity index (χ2v) is 9.84. The summed E-state index contributed by atoms with van der Waals surface area (Å²) in [5.41, 5.74) is 1.14. The third-order valence-electron chi connectivity index (χ3n) is 4.51. The molecule has 3 rings (SSSR count). The van der Waals surface area contributed by atoms with E-state index in [-0.39, 0.29) is 18.0 Å². The van der Waals surface area contributed by atoms with E-state index in [0.717, 1.165) is 23.4 Å². The minimum atomic E-state index is -0.519. The minimum Gasteiger partial charge on any atom is -0.444 e. The predicted octanol–water partition coefficient (Wildman–Crippen LogP) is 4.01. The Morgan fingerprint density at radius 2 is 2.14 bits per heavy atom. The first-order chi connectivity index (χ1) is 13.6. The van der Waals surface area contributed by atoms with Crippen LogP contribution in [-0.4, -0.2) is 51.4 Å². The van der Waals surface area contributed by atoms with Gasteiger partial charge in [-0.25, -0.2) is 4.79 Å². The van der Waals surface area contributed by atoms with Crippen LogP contribution in [0.1, 0.15) is 51.4 Å². The number of aromatic nitrogens is 2. The molecule has 1 aliphatic rings. The van der Waals surface area contributed by atoms with E-state index in [9.17, 15) is 9.59 Å². The number of carbonyl (C=O) groups excluding carboxylic acids is 2. The third kappa shape index (κ3) is 5.82. The Balaban J connectivity index is 1.56. The number of hydrogen-bond acceptors (Lipinski definition) is 5. The molecule has 158 valence electrons. The number of carbonyl (C=O) groups is 2. The molecule has 8 heteroatoms. The summed E-state index contributed by atoms with van der Waals surface area (Å²) in [5.74, 6) is 0.414. The van der Waals surface area contributed by atoms with Crippen LogP contribution in [0.2, 0.25) is 0 Å². The molecule has 29 heavy (non-hydrogen) atoms. The van der Waals surface area contributed by atoms with E-state index in [4.69, 9.17) is 4.74 Å². The molecule has 2 aromatic rings. The zero-order valence-corrected chi connectivity index (χ0v) is 18.6. The standard InChI is InChI=1S/C21H30N4O3S/c1-14(2)10-25-11-16(9-22-25)18-8-15(13-29-18)19(26)23-17-6-7-24(12-17)20(27)28-21(3,4)5/h8-9,11,13-14,17H,6-7,10,12H2,1-5H3,(H,23,26). The van der Waals surface area contributed by atoms with Gasteiger partial charge in [-0.2, -0.15) is 5.10 Å². The maximum atomic E-state index is 12.6. The van der Waals surface area contributed by atoms with Crippen molar-refractivity contribution in [3.63, 3.8) is 0 Å². The molecule has 0 aromatic carbocycles. The average molecular weight is 419 g/mol. The summed E-state index contributed by atoms with van der Waals surface area (Å²) in [4.78, 5) is 27.5. The molecule has 3 heterocycles. The van der Waals surface area contributed by atoms with Crippen molar-refractivity contribution in [2.75, 3.05) is 13.1 Å². The number of ether oxygens (including phenoxy) is 1. The van der Waals surface area contributed by atoms with E-state index >= 15 is 0 Å². The number of amides is 2. The topological polar surface area (TPSA) is 76.5 Å². The van der Waals surface area contributed by atoms with Crippen molar-refractivity contribution in [1.29, 1.82) is 0 Å². The summed E-state index contributed by atoms with van der Waals surface area (Å²) in [6.45, 7) is 11.8. The SMILES string of the molecule is CC(C)Cn1cc(-c2cc(C(=O)NC3CCN(C(=O)OC(C)(C)C)C3)cs2)cn1.